The number of sulfonamides is 1. The van der Waals surface area contributed by atoms with Crippen molar-refractivity contribution < 1.29 is 17.9 Å². The number of hydrogen-bond donors (Lipinski definition) is 0. The molecule has 0 radical (unpaired) electrons. The van der Waals surface area contributed by atoms with Crippen LogP contribution in [0.4, 0.5) is 0 Å². The molecular formula is C18H23N3O5S2. The van der Waals surface area contributed by atoms with E-state index in [4.69, 9.17) is 4.74 Å². The largest absolute Gasteiger partial charge is 0.378 e. The Kier molecular flexibility index (Phi) is 5.55. The van der Waals surface area contributed by atoms with Crippen LogP contribution in [0.5, 0.6) is 0 Å². The predicted octanol–water partition coefficient (Wildman–Crippen LogP) is 1.10. The number of aromatic nitrogens is 1. The van der Waals surface area contributed by atoms with Crippen LogP contribution in [0.1, 0.15) is 19.3 Å². The van der Waals surface area contributed by atoms with Gasteiger partial charge in [-0.2, -0.15) is 4.31 Å². The first kappa shape index (κ1) is 19.6. The van der Waals surface area contributed by atoms with Gasteiger partial charge in [-0.1, -0.05) is 17.8 Å². The number of benzene rings is 1. The third-order valence-corrected chi connectivity index (χ3v) is 8.09. The summed E-state index contributed by atoms with van der Waals surface area (Å²) in [6.07, 6.45) is 2.79. The number of morpholine rings is 1. The Morgan fingerprint density at radius 2 is 1.79 bits per heavy atom. The molecule has 8 nitrogen and oxygen atoms in total. The number of fused-ring (bicyclic) bond motifs is 1. The number of amides is 1. The molecule has 0 N–H and O–H groups in total. The molecule has 2 aliphatic rings. The molecule has 28 heavy (non-hydrogen) atoms. The lowest BCUT2D eigenvalue weighted by molar-refractivity contribution is -0.135. The highest BCUT2D eigenvalue weighted by Crippen LogP contribution is 2.26. The van der Waals surface area contributed by atoms with Crippen LogP contribution in [-0.2, 0) is 26.1 Å². The second-order valence-corrected chi connectivity index (χ2v) is 9.97. The first-order chi connectivity index (χ1) is 13.5. The minimum atomic E-state index is -3.56. The fraction of sp³-hybridized carbons (Fsp3) is 0.556. The summed E-state index contributed by atoms with van der Waals surface area (Å²) in [4.78, 5) is 26.6. The highest BCUT2D eigenvalue weighted by atomic mass is 32.2. The zero-order valence-corrected chi connectivity index (χ0v) is 17.1. The van der Waals surface area contributed by atoms with Gasteiger partial charge in [-0.25, -0.2) is 8.42 Å². The summed E-state index contributed by atoms with van der Waals surface area (Å²) in [5.74, 6) is -0.130. The SMILES string of the molecule is O=C(Cn1c(=O)sc2cc(S(=O)(=O)N3CCCCC3)ccc21)N1CCOCC1. The normalized spacial score (nSPS) is 19.2. The Hall–Kier alpha value is -1.75. The molecular weight excluding hydrogens is 402 g/mol. The van der Waals surface area contributed by atoms with Crippen molar-refractivity contribution in [3.05, 3.63) is 27.9 Å². The van der Waals surface area contributed by atoms with Crippen LogP contribution in [0.15, 0.2) is 27.9 Å². The quantitative estimate of drug-likeness (QED) is 0.732. The highest BCUT2D eigenvalue weighted by Gasteiger charge is 2.27. The lowest BCUT2D eigenvalue weighted by Gasteiger charge is -2.27. The van der Waals surface area contributed by atoms with Crippen molar-refractivity contribution in [2.24, 2.45) is 0 Å². The Morgan fingerprint density at radius 1 is 1.07 bits per heavy atom. The van der Waals surface area contributed by atoms with Gasteiger partial charge in [0.15, 0.2) is 0 Å². The fourth-order valence-corrected chi connectivity index (χ4v) is 6.21. The molecule has 152 valence electrons. The fourth-order valence-electron chi connectivity index (χ4n) is 3.66. The number of nitrogens with zero attached hydrogens (tertiary/aromatic N) is 3. The van der Waals surface area contributed by atoms with Gasteiger partial charge in [-0.15, -0.1) is 0 Å². The van der Waals surface area contributed by atoms with E-state index in [2.05, 4.69) is 0 Å². The molecule has 4 rings (SSSR count). The number of thiazole rings is 1. The number of piperidine rings is 1. The summed E-state index contributed by atoms with van der Waals surface area (Å²) >= 11 is 0.973. The van der Waals surface area contributed by atoms with Crippen LogP contribution in [-0.4, -0.2) is 67.5 Å². The van der Waals surface area contributed by atoms with Gasteiger partial charge in [-0.3, -0.25) is 14.2 Å². The molecule has 0 saturated carbocycles. The van der Waals surface area contributed by atoms with Gasteiger partial charge in [0.2, 0.25) is 15.9 Å². The number of carbonyl (C=O) groups is 1. The molecule has 0 unspecified atom stereocenters. The van der Waals surface area contributed by atoms with E-state index in [1.54, 1.807) is 17.0 Å². The molecule has 2 saturated heterocycles. The second-order valence-electron chi connectivity index (χ2n) is 7.04. The number of hydrogen-bond acceptors (Lipinski definition) is 6. The van der Waals surface area contributed by atoms with E-state index < -0.39 is 10.0 Å². The zero-order chi connectivity index (χ0) is 19.7. The number of ether oxygens (including phenoxy) is 1. The van der Waals surface area contributed by atoms with Gasteiger partial charge in [0.05, 0.1) is 28.3 Å². The first-order valence-electron chi connectivity index (χ1n) is 9.46. The smallest absolute Gasteiger partial charge is 0.308 e. The minimum absolute atomic E-state index is 0.0446. The summed E-state index contributed by atoms with van der Waals surface area (Å²) in [6.45, 7) is 3.07. The van der Waals surface area contributed by atoms with E-state index in [9.17, 15) is 18.0 Å². The molecule has 10 heteroatoms. The topological polar surface area (TPSA) is 88.9 Å². The summed E-state index contributed by atoms with van der Waals surface area (Å²) in [7, 11) is -3.56. The van der Waals surface area contributed by atoms with Crippen LogP contribution < -0.4 is 4.87 Å². The second kappa shape index (κ2) is 7.94. The van der Waals surface area contributed by atoms with E-state index in [-0.39, 0.29) is 22.2 Å². The monoisotopic (exact) mass is 425 g/mol. The third kappa shape index (κ3) is 3.73. The number of rotatable bonds is 4. The van der Waals surface area contributed by atoms with Crippen molar-refractivity contribution in [3.8, 4) is 0 Å². The average Bonchev–Trinajstić information content (AvgIpc) is 3.03. The Balaban J connectivity index is 1.61. The summed E-state index contributed by atoms with van der Waals surface area (Å²) < 4.78 is 34.5. The predicted molar refractivity (Wildman–Crippen MR) is 106 cm³/mol. The van der Waals surface area contributed by atoms with Crippen LogP contribution in [0.2, 0.25) is 0 Å². The Bertz CT molecular complexity index is 1030. The molecule has 1 aromatic heterocycles. The van der Waals surface area contributed by atoms with Crippen LogP contribution in [0.25, 0.3) is 10.2 Å². The van der Waals surface area contributed by atoms with Crippen molar-refractivity contribution in [1.82, 2.24) is 13.8 Å². The molecule has 0 bridgehead atoms. The van der Waals surface area contributed by atoms with Gasteiger partial charge < -0.3 is 9.64 Å². The summed E-state index contributed by atoms with van der Waals surface area (Å²) in [6, 6.07) is 4.73. The van der Waals surface area contributed by atoms with E-state index in [0.717, 1.165) is 30.6 Å². The molecule has 0 spiro atoms. The molecule has 1 amide bonds. The molecule has 2 aromatic rings. The highest BCUT2D eigenvalue weighted by molar-refractivity contribution is 7.89. The van der Waals surface area contributed by atoms with E-state index >= 15 is 0 Å². The van der Waals surface area contributed by atoms with Crippen molar-refractivity contribution in [2.75, 3.05) is 39.4 Å². The van der Waals surface area contributed by atoms with E-state index in [1.807, 2.05) is 0 Å². The van der Waals surface area contributed by atoms with Crippen LogP contribution in [0, 0.1) is 0 Å². The molecule has 2 fully saturated rings. The van der Waals surface area contributed by atoms with Gasteiger partial charge >= 0.3 is 4.87 Å². The molecule has 3 heterocycles. The van der Waals surface area contributed by atoms with Gasteiger partial charge in [-0.05, 0) is 31.0 Å². The number of carbonyl (C=O) groups excluding carboxylic acids is 1. The van der Waals surface area contributed by atoms with Crippen LogP contribution in [0.3, 0.4) is 0 Å². The molecule has 0 atom stereocenters. The van der Waals surface area contributed by atoms with Crippen molar-refractivity contribution in [3.63, 3.8) is 0 Å². The Morgan fingerprint density at radius 3 is 2.50 bits per heavy atom. The van der Waals surface area contributed by atoms with Crippen molar-refractivity contribution in [1.29, 1.82) is 0 Å². The molecule has 2 aliphatic heterocycles. The third-order valence-electron chi connectivity index (χ3n) is 5.25. The van der Waals surface area contributed by atoms with Crippen molar-refractivity contribution in [2.45, 2.75) is 30.7 Å². The van der Waals surface area contributed by atoms with Crippen molar-refractivity contribution >= 4 is 37.5 Å². The molecule has 1 aromatic carbocycles. The summed E-state index contributed by atoms with van der Waals surface area (Å²) in [5, 5.41) is 0. The van der Waals surface area contributed by atoms with Gasteiger partial charge in [0.1, 0.15) is 6.54 Å². The maximum Gasteiger partial charge on any atom is 0.308 e. The standard InChI is InChI=1S/C18H23N3O5S2/c22-17(19-8-10-26-11-9-19)13-21-15-5-4-14(12-16(15)27-18(21)23)28(24,25)20-6-2-1-3-7-20/h4-5,12H,1-3,6-11,13H2. The van der Waals surface area contributed by atoms with Crippen LogP contribution >= 0.6 is 11.3 Å². The minimum Gasteiger partial charge on any atom is -0.378 e. The lowest BCUT2D eigenvalue weighted by Crippen LogP contribution is -2.43. The van der Waals surface area contributed by atoms with E-state index in [1.165, 1.54) is 14.9 Å². The maximum absolute atomic E-state index is 12.9. The maximum atomic E-state index is 12.9. The molecule has 0 aliphatic carbocycles. The van der Waals surface area contributed by atoms with Gasteiger partial charge in [0, 0.05) is 26.2 Å². The van der Waals surface area contributed by atoms with Gasteiger partial charge in [0.25, 0.3) is 0 Å². The first-order valence-corrected chi connectivity index (χ1v) is 11.7. The zero-order valence-electron chi connectivity index (χ0n) is 15.5. The average molecular weight is 426 g/mol. The Labute approximate surface area is 167 Å². The lowest BCUT2D eigenvalue weighted by atomic mass is 10.2. The van der Waals surface area contributed by atoms with E-state index in [0.29, 0.717) is 49.6 Å². The summed E-state index contributed by atoms with van der Waals surface area (Å²) in [5.41, 5.74) is 0.592.